The Morgan fingerprint density at radius 3 is 2.70 bits per heavy atom. The van der Waals surface area contributed by atoms with Crippen LogP contribution in [0.5, 0.6) is 0 Å². The molecule has 0 amide bonds. The fourth-order valence-corrected chi connectivity index (χ4v) is 4.26. The molecule has 1 fully saturated rings. The van der Waals surface area contributed by atoms with Crippen LogP contribution in [0.1, 0.15) is 32.4 Å². The second kappa shape index (κ2) is 11.3. The van der Waals surface area contributed by atoms with E-state index in [9.17, 15) is 8.42 Å². The minimum absolute atomic E-state index is 0.127. The van der Waals surface area contributed by atoms with Crippen molar-refractivity contribution in [3.05, 3.63) is 18.0 Å². The summed E-state index contributed by atoms with van der Waals surface area (Å²) in [5, 5.41) is 6.99. The zero-order valence-corrected chi connectivity index (χ0v) is 17.1. The van der Waals surface area contributed by atoms with Gasteiger partial charge in [-0.25, -0.2) is 8.42 Å². The van der Waals surface area contributed by atoms with Crippen molar-refractivity contribution in [3.8, 4) is 0 Å². The molecule has 154 valence electrons. The van der Waals surface area contributed by atoms with E-state index < -0.39 is 10.0 Å². The van der Waals surface area contributed by atoms with Crippen LogP contribution < -0.4 is 5.32 Å². The number of piperazine rings is 1. The van der Waals surface area contributed by atoms with E-state index in [1.165, 1.54) is 10.6 Å². The van der Waals surface area contributed by atoms with Gasteiger partial charge >= 0.3 is 0 Å². The van der Waals surface area contributed by atoms with Gasteiger partial charge in [-0.05, 0) is 26.7 Å². The van der Waals surface area contributed by atoms with Gasteiger partial charge in [-0.1, -0.05) is 5.16 Å². The number of aliphatic imine (C=N–C) groups is 1. The molecule has 0 atom stereocenters. The van der Waals surface area contributed by atoms with Crippen LogP contribution in [0, 0.1) is 0 Å². The summed E-state index contributed by atoms with van der Waals surface area (Å²) in [6.07, 6.45) is 3.35. The summed E-state index contributed by atoms with van der Waals surface area (Å²) in [5.41, 5.74) is 0.430. The predicted molar refractivity (Wildman–Crippen MR) is 104 cm³/mol. The van der Waals surface area contributed by atoms with Gasteiger partial charge in [0.25, 0.3) is 0 Å². The smallest absolute Gasteiger partial charge is 0.220 e. The van der Waals surface area contributed by atoms with Crippen LogP contribution in [0.4, 0.5) is 0 Å². The lowest BCUT2D eigenvalue weighted by Gasteiger charge is -2.35. The number of sulfonamides is 1. The highest BCUT2D eigenvalue weighted by Gasteiger charge is 2.28. The highest BCUT2D eigenvalue weighted by atomic mass is 32.2. The number of hydrogen-bond acceptors (Lipinski definition) is 6. The Labute approximate surface area is 161 Å². The molecule has 0 aromatic carbocycles. The molecule has 0 unspecified atom stereocenters. The molecule has 0 spiro atoms. The molecular formula is C17H31N5O4S. The summed E-state index contributed by atoms with van der Waals surface area (Å²) in [4.78, 5) is 6.79. The summed E-state index contributed by atoms with van der Waals surface area (Å²) >= 11 is 0. The monoisotopic (exact) mass is 401 g/mol. The molecule has 0 saturated carbocycles. The van der Waals surface area contributed by atoms with Crippen molar-refractivity contribution < 1.29 is 17.7 Å². The van der Waals surface area contributed by atoms with Gasteiger partial charge in [0.2, 0.25) is 10.0 Å². The molecule has 1 aromatic rings. The summed E-state index contributed by atoms with van der Waals surface area (Å²) in [7, 11) is -3.39. The van der Waals surface area contributed by atoms with Gasteiger partial charge in [0.1, 0.15) is 12.0 Å². The Morgan fingerprint density at radius 1 is 1.30 bits per heavy atom. The minimum atomic E-state index is -3.39. The van der Waals surface area contributed by atoms with Crippen LogP contribution in [0.2, 0.25) is 0 Å². The zero-order valence-electron chi connectivity index (χ0n) is 16.3. The first kappa shape index (κ1) is 21.6. The normalized spacial score (nSPS) is 16.7. The van der Waals surface area contributed by atoms with E-state index in [1.807, 2.05) is 13.8 Å². The quantitative estimate of drug-likeness (QED) is 0.353. The van der Waals surface area contributed by atoms with E-state index in [0.717, 1.165) is 45.1 Å². The van der Waals surface area contributed by atoms with E-state index in [2.05, 4.69) is 20.4 Å². The maximum Gasteiger partial charge on any atom is 0.220 e. The van der Waals surface area contributed by atoms with Crippen LogP contribution >= 0.6 is 0 Å². The average molecular weight is 402 g/mol. The Morgan fingerprint density at radius 2 is 2.07 bits per heavy atom. The average Bonchev–Trinajstić information content (AvgIpc) is 3.16. The van der Waals surface area contributed by atoms with Gasteiger partial charge in [-0.3, -0.25) is 4.99 Å². The first-order valence-corrected chi connectivity index (χ1v) is 11.2. The third kappa shape index (κ3) is 7.11. The standard InChI is InChI=1S/C17H31N5O4S/c1-3-18-17(19-8-5-6-13-25-4-2)21-9-11-22(12-10-21)27(23,24)15-16-7-14-26-20-16/h7,14H,3-6,8-13,15H2,1-2H3,(H,18,19). The number of aromatic nitrogens is 1. The van der Waals surface area contributed by atoms with E-state index in [1.54, 1.807) is 6.07 Å². The number of guanidine groups is 1. The molecule has 2 rings (SSSR count). The number of nitrogens with zero attached hydrogens (tertiary/aromatic N) is 4. The van der Waals surface area contributed by atoms with Gasteiger partial charge < -0.3 is 19.5 Å². The fraction of sp³-hybridized carbons (Fsp3) is 0.765. The summed E-state index contributed by atoms with van der Waals surface area (Å²) < 4.78 is 36.6. The third-order valence-corrected chi connectivity index (χ3v) is 6.06. The highest BCUT2D eigenvalue weighted by Crippen LogP contribution is 2.13. The molecule has 27 heavy (non-hydrogen) atoms. The highest BCUT2D eigenvalue weighted by molar-refractivity contribution is 7.88. The molecule has 1 aliphatic heterocycles. The largest absolute Gasteiger partial charge is 0.382 e. The van der Waals surface area contributed by atoms with Crippen molar-refractivity contribution in [2.45, 2.75) is 32.4 Å². The number of ether oxygens (including phenoxy) is 1. The molecule has 2 heterocycles. The first-order valence-electron chi connectivity index (χ1n) is 9.55. The number of rotatable bonds is 10. The van der Waals surface area contributed by atoms with E-state index >= 15 is 0 Å². The van der Waals surface area contributed by atoms with Crippen LogP contribution in [-0.4, -0.2) is 81.2 Å². The number of hydrogen-bond donors (Lipinski definition) is 1. The molecular weight excluding hydrogens is 370 g/mol. The molecule has 1 N–H and O–H groups in total. The van der Waals surface area contributed by atoms with Gasteiger partial charge in [0, 0.05) is 58.5 Å². The van der Waals surface area contributed by atoms with Crippen molar-refractivity contribution in [2.75, 3.05) is 52.5 Å². The van der Waals surface area contributed by atoms with E-state index in [0.29, 0.717) is 31.9 Å². The van der Waals surface area contributed by atoms with E-state index in [4.69, 9.17) is 9.26 Å². The maximum absolute atomic E-state index is 12.5. The summed E-state index contributed by atoms with van der Waals surface area (Å²) in [6, 6.07) is 1.58. The molecule has 10 heteroatoms. The topological polar surface area (TPSA) is 100 Å². The lowest BCUT2D eigenvalue weighted by Crippen LogP contribution is -2.53. The Kier molecular flexibility index (Phi) is 9.02. The van der Waals surface area contributed by atoms with Crippen molar-refractivity contribution in [3.63, 3.8) is 0 Å². The van der Waals surface area contributed by atoms with E-state index in [-0.39, 0.29) is 5.75 Å². The third-order valence-electron chi connectivity index (χ3n) is 4.25. The van der Waals surface area contributed by atoms with Crippen LogP contribution in [0.15, 0.2) is 21.8 Å². The van der Waals surface area contributed by atoms with Crippen molar-refractivity contribution in [1.82, 2.24) is 19.7 Å². The van der Waals surface area contributed by atoms with Crippen molar-refractivity contribution in [1.29, 1.82) is 0 Å². The molecule has 0 radical (unpaired) electrons. The van der Waals surface area contributed by atoms with Gasteiger partial charge in [-0.15, -0.1) is 0 Å². The molecule has 1 aliphatic rings. The summed E-state index contributed by atoms with van der Waals surface area (Å²) in [6.45, 7) is 9.16. The molecule has 0 bridgehead atoms. The zero-order chi connectivity index (χ0) is 19.5. The number of nitrogens with one attached hydrogen (secondary N) is 1. The molecule has 9 nitrogen and oxygen atoms in total. The molecule has 1 saturated heterocycles. The van der Waals surface area contributed by atoms with Gasteiger partial charge in [0.05, 0.1) is 5.69 Å². The van der Waals surface area contributed by atoms with Gasteiger partial charge in [0.15, 0.2) is 5.96 Å². The van der Waals surface area contributed by atoms with Crippen molar-refractivity contribution >= 4 is 16.0 Å². The SMILES string of the molecule is CCNC(=NCCCCOCC)N1CCN(S(=O)(=O)Cc2ccon2)CC1. The van der Waals surface area contributed by atoms with Crippen molar-refractivity contribution in [2.24, 2.45) is 4.99 Å². The van der Waals surface area contributed by atoms with Gasteiger partial charge in [-0.2, -0.15) is 4.31 Å². The number of unbranched alkanes of at least 4 members (excludes halogenated alkanes) is 1. The second-order valence-electron chi connectivity index (χ2n) is 6.27. The molecule has 0 aliphatic carbocycles. The Balaban J connectivity index is 1.83. The Hall–Kier alpha value is -1.65. The van der Waals surface area contributed by atoms with Crippen LogP contribution in [0.25, 0.3) is 0 Å². The maximum atomic E-state index is 12.5. The lowest BCUT2D eigenvalue weighted by atomic mass is 10.3. The molecule has 1 aromatic heterocycles. The van der Waals surface area contributed by atoms with Crippen LogP contribution in [-0.2, 0) is 20.5 Å². The Bertz CT molecular complexity index is 655. The van der Waals surface area contributed by atoms with Crippen LogP contribution in [0.3, 0.4) is 0 Å². The minimum Gasteiger partial charge on any atom is -0.382 e. The first-order chi connectivity index (χ1) is 13.1. The lowest BCUT2D eigenvalue weighted by molar-refractivity contribution is 0.144. The summed E-state index contributed by atoms with van der Waals surface area (Å²) in [5.74, 6) is 0.722. The fourth-order valence-electron chi connectivity index (χ4n) is 2.84. The predicted octanol–water partition coefficient (Wildman–Crippen LogP) is 0.904. The second-order valence-corrected chi connectivity index (χ2v) is 8.24.